The summed E-state index contributed by atoms with van der Waals surface area (Å²) in [5, 5.41) is 2.77. The molecule has 1 N–H and O–H groups in total. The SMILES string of the molecule is C[C@@H]1C[C@H](C)CN(C(=O)Nc2ccc(F)c(Cl)c2)C1. The van der Waals surface area contributed by atoms with Crippen LogP contribution in [-0.2, 0) is 0 Å². The molecule has 0 radical (unpaired) electrons. The summed E-state index contributed by atoms with van der Waals surface area (Å²) in [7, 11) is 0. The van der Waals surface area contributed by atoms with Crippen molar-refractivity contribution in [2.45, 2.75) is 20.3 Å². The minimum atomic E-state index is -0.486. The zero-order chi connectivity index (χ0) is 14.0. The third-order valence-corrected chi connectivity index (χ3v) is 3.62. The smallest absolute Gasteiger partial charge is 0.321 e. The molecule has 1 aromatic carbocycles. The molecule has 0 spiro atoms. The highest BCUT2D eigenvalue weighted by atomic mass is 35.5. The van der Waals surface area contributed by atoms with Crippen LogP contribution in [0.5, 0.6) is 0 Å². The Kier molecular flexibility index (Phi) is 4.30. The lowest BCUT2D eigenvalue weighted by molar-refractivity contribution is 0.156. The highest BCUT2D eigenvalue weighted by Crippen LogP contribution is 2.23. The number of likely N-dealkylation sites (tertiary alicyclic amines) is 1. The molecule has 0 bridgehead atoms. The monoisotopic (exact) mass is 284 g/mol. The summed E-state index contributed by atoms with van der Waals surface area (Å²) in [5.74, 6) is 0.525. The average molecular weight is 285 g/mol. The predicted octanol–water partition coefficient (Wildman–Crippen LogP) is 3.99. The number of carbonyl (C=O) groups is 1. The number of carbonyl (C=O) groups excluding carboxylic acids is 1. The van der Waals surface area contributed by atoms with Crippen molar-refractivity contribution in [2.24, 2.45) is 11.8 Å². The molecule has 1 aliphatic rings. The fraction of sp³-hybridized carbons (Fsp3) is 0.500. The van der Waals surface area contributed by atoms with E-state index in [1.54, 1.807) is 4.90 Å². The second-order valence-corrected chi connectivity index (χ2v) is 5.82. The van der Waals surface area contributed by atoms with Gasteiger partial charge in [0.1, 0.15) is 5.82 Å². The summed E-state index contributed by atoms with van der Waals surface area (Å²) >= 11 is 5.69. The molecule has 1 fully saturated rings. The first-order chi connectivity index (χ1) is 8.95. The van der Waals surface area contributed by atoms with E-state index < -0.39 is 5.82 Å². The van der Waals surface area contributed by atoms with Gasteiger partial charge >= 0.3 is 6.03 Å². The quantitative estimate of drug-likeness (QED) is 0.831. The number of benzene rings is 1. The molecule has 1 heterocycles. The number of hydrogen-bond acceptors (Lipinski definition) is 1. The van der Waals surface area contributed by atoms with Gasteiger partial charge in [-0.25, -0.2) is 9.18 Å². The Morgan fingerprint density at radius 3 is 2.58 bits per heavy atom. The summed E-state index contributed by atoms with van der Waals surface area (Å²) in [6.07, 6.45) is 1.14. The summed E-state index contributed by atoms with van der Waals surface area (Å²) in [4.78, 5) is 13.9. The Morgan fingerprint density at radius 2 is 2.00 bits per heavy atom. The molecule has 104 valence electrons. The van der Waals surface area contributed by atoms with Gasteiger partial charge in [0, 0.05) is 18.8 Å². The molecule has 0 aromatic heterocycles. The fourth-order valence-corrected chi connectivity index (χ4v) is 2.79. The lowest BCUT2D eigenvalue weighted by Crippen LogP contribution is -2.44. The minimum absolute atomic E-state index is 0.0122. The molecule has 2 rings (SSSR count). The van der Waals surface area contributed by atoms with Crippen LogP contribution < -0.4 is 5.32 Å². The maximum absolute atomic E-state index is 13.0. The highest BCUT2D eigenvalue weighted by molar-refractivity contribution is 6.31. The second-order valence-electron chi connectivity index (χ2n) is 5.41. The van der Waals surface area contributed by atoms with Crippen LogP contribution in [0.3, 0.4) is 0 Å². The lowest BCUT2D eigenvalue weighted by atomic mass is 9.92. The zero-order valence-electron chi connectivity index (χ0n) is 11.1. The van der Waals surface area contributed by atoms with E-state index in [9.17, 15) is 9.18 Å². The molecule has 1 saturated heterocycles. The van der Waals surface area contributed by atoms with Crippen molar-refractivity contribution < 1.29 is 9.18 Å². The molecular formula is C14H18ClFN2O. The molecule has 1 aliphatic heterocycles. The summed E-state index contributed by atoms with van der Waals surface area (Å²) in [6, 6.07) is 4.03. The van der Waals surface area contributed by atoms with Crippen LogP contribution in [0.1, 0.15) is 20.3 Å². The molecule has 1 aromatic rings. The number of halogens is 2. The fourth-order valence-electron chi connectivity index (χ4n) is 2.61. The van der Waals surface area contributed by atoms with E-state index in [4.69, 9.17) is 11.6 Å². The first-order valence-electron chi connectivity index (χ1n) is 6.46. The van der Waals surface area contributed by atoms with Crippen molar-refractivity contribution in [1.82, 2.24) is 4.90 Å². The Labute approximate surface area is 117 Å². The number of anilines is 1. The Morgan fingerprint density at radius 1 is 1.37 bits per heavy atom. The van der Waals surface area contributed by atoms with Crippen LogP contribution in [0.25, 0.3) is 0 Å². The van der Waals surface area contributed by atoms with Gasteiger partial charge in [0.15, 0.2) is 0 Å². The maximum Gasteiger partial charge on any atom is 0.321 e. The van der Waals surface area contributed by atoms with E-state index in [-0.39, 0.29) is 11.1 Å². The zero-order valence-corrected chi connectivity index (χ0v) is 11.9. The van der Waals surface area contributed by atoms with E-state index in [0.29, 0.717) is 17.5 Å². The second kappa shape index (κ2) is 5.78. The summed E-state index contributed by atoms with van der Waals surface area (Å²) in [6.45, 7) is 5.80. The van der Waals surface area contributed by atoms with Crippen LogP contribution in [0, 0.1) is 17.7 Å². The topological polar surface area (TPSA) is 32.3 Å². The van der Waals surface area contributed by atoms with Gasteiger partial charge in [-0.1, -0.05) is 25.4 Å². The third kappa shape index (κ3) is 3.60. The minimum Gasteiger partial charge on any atom is -0.324 e. The number of nitrogens with one attached hydrogen (secondary N) is 1. The van der Waals surface area contributed by atoms with Crippen molar-refractivity contribution in [3.8, 4) is 0 Å². The molecule has 0 saturated carbocycles. The van der Waals surface area contributed by atoms with Gasteiger partial charge in [0.25, 0.3) is 0 Å². The predicted molar refractivity (Wildman–Crippen MR) is 74.9 cm³/mol. The number of hydrogen-bond donors (Lipinski definition) is 1. The molecule has 0 unspecified atom stereocenters. The number of rotatable bonds is 1. The summed E-state index contributed by atoms with van der Waals surface area (Å²) in [5.41, 5.74) is 0.516. The maximum atomic E-state index is 13.0. The van der Waals surface area contributed by atoms with E-state index in [2.05, 4.69) is 19.2 Å². The molecule has 2 amide bonds. The lowest BCUT2D eigenvalue weighted by Gasteiger charge is -2.34. The van der Waals surface area contributed by atoms with Gasteiger partial charge in [-0.15, -0.1) is 0 Å². The standard InChI is InChI=1S/C14H18ClFN2O/c1-9-5-10(2)8-18(7-9)14(19)17-11-3-4-13(16)12(15)6-11/h3-4,6,9-10H,5,7-8H2,1-2H3,(H,17,19)/t9-,10+. The van der Waals surface area contributed by atoms with Gasteiger partial charge in [0.05, 0.1) is 5.02 Å². The van der Waals surface area contributed by atoms with Gasteiger partial charge < -0.3 is 10.2 Å². The van der Waals surface area contributed by atoms with E-state index >= 15 is 0 Å². The van der Waals surface area contributed by atoms with Gasteiger partial charge in [-0.05, 0) is 36.5 Å². The molecule has 0 aliphatic carbocycles. The van der Waals surface area contributed by atoms with E-state index in [0.717, 1.165) is 19.5 Å². The van der Waals surface area contributed by atoms with Crippen molar-refractivity contribution in [3.63, 3.8) is 0 Å². The molecule has 5 heteroatoms. The summed E-state index contributed by atoms with van der Waals surface area (Å²) < 4.78 is 13.0. The van der Waals surface area contributed by atoms with Gasteiger partial charge in [-0.3, -0.25) is 0 Å². The van der Waals surface area contributed by atoms with Crippen LogP contribution in [0.15, 0.2) is 18.2 Å². The largest absolute Gasteiger partial charge is 0.324 e. The number of urea groups is 1. The Balaban J connectivity index is 2.02. The van der Waals surface area contributed by atoms with E-state index in [1.165, 1.54) is 18.2 Å². The van der Waals surface area contributed by atoms with Crippen LogP contribution >= 0.6 is 11.6 Å². The number of piperidine rings is 1. The third-order valence-electron chi connectivity index (χ3n) is 3.33. The van der Waals surface area contributed by atoms with E-state index in [1.807, 2.05) is 0 Å². The Bertz CT molecular complexity index is 471. The van der Waals surface area contributed by atoms with Crippen LogP contribution in [-0.4, -0.2) is 24.0 Å². The number of amides is 2. The Hall–Kier alpha value is -1.29. The van der Waals surface area contributed by atoms with Crippen LogP contribution in [0.2, 0.25) is 5.02 Å². The first-order valence-corrected chi connectivity index (χ1v) is 6.84. The molecule has 3 nitrogen and oxygen atoms in total. The molecular weight excluding hydrogens is 267 g/mol. The molecule has 2 atom stereocenters. The number of nitrogens with zero attached hydrogens (tertiary/aromatic N) is 1. The average Bonchev–Trinajstić information content (AvgIpc) is 2.32. The highest BCUT2D eigenvalue weighted by Gasteiger charge is 2.25. The van der Waals surface area contributed by atoms with Gasteiger partial charge in [-0.2, -0.15) is 0 Å². The van der Waals surface area contributed by atoms with Crippen LogP contribution in [0.4, 0.5) is 14.9 Å². The first kappa shape index (κ1) is 14.1. The van der Waals surface area contributed by atoms with Gasteiger partial charge in [0.2, 0.25) is 0 Å². The van der Waals surface area contributed by atoms with Crippen molar-refractivity contribution in [2.75, 3.05) is 18.4 Å². The normalized spacial score (nSPS) is 23.3. The van der Waals surface area contributed by atoms with Crippen molar-refractivity contribution >= 4 is 23.3 Å². The van der Waals surface area contributed by atoms with Crippen molar-refractivity contribution in [3.05, 3.63) is 29.0 Å². The molecule has 19 heavy (non-hydrogen) atoms. The van der Waals surface area contributed by atoms with Crippen molar-refractivity contribution in [1.29, 1.82) is 0 Å².